The normalized spacial score (nSPS) is 12.6. The van der Waals surface area contributed by atoms with E-state index in [0.29, 0.717) is 17.2 Å². The van der Waals surface area contributed by atoms with Crippen molar-refractivity contribution in [2.45, 2.75) is 25.8 Å². The van der Waals surface area contributed by atoms with Gasteiger partial charge in [-0.05, 0) is 36.1 Å². The second-order valence-corrected chi connectivity index (χ2v) is 7.33. The molecule has 4 N–H and O–H groups in total. The van der Waals surface area contributed by atoms with E-state index in [1.807, 2.05) is 47.2 Å². The van der Waals surface area contributed by atoms with Crippen molar-refractivity contribution in [3.05, 3.63) is 54.2 Å². The highest BCUT2D eigenvalue weighted by Gasteiger charge is 2.19. The van der Waals surface area contributed by atoms with E-state index in [-0.39, 0.29) is 12.8 Å². The van der Waals surface area contributed by atoms with Gasteiger partial charge < -0.3 is 16.0 Å². The first-order valence-corrected chi connectivity index (χ1v) is 9.42. The summed E-state index contributed by atoms with van der Waals surface area (Å²) >= 11 is 5.07. The summed E-state index contributed by atoms with van der Waals surface area (Å²) in [5.74, 6) is -0.460. The van der Waals surface area contributed by atoms with E-state index in [0.717, 1.165) is 27.6 Å². The molecule has 0 aliphatic heterocycles. The lowest BCUT2D eigenvalue weighted by atomic mass is 10.0. The minimum absolute atomic E-state index is 0.0958. The third-order valence-electron chi connectivity index (χ3n) is 4.85. The van der Waals surface area contributed by atoms with Gasteiger partial charge in [0.15, 0.2) is 0 Å². The lowest BCUT2D eigenvalue weighted by molar-refractivity contribution is 0.106. The van der Waals surface area contributed by atoms with Crippen molar-refractivity contribution in [1.82, 2.24) is 4.57 Å². The molecule has 1 heterocycles. The van der Waals surface area contributed by atoms with Crippen molar-refractivity contribution in [2.24, 2.45) is 11.7 Å². The number of rotatable bonds is 8. The van der Waals surface area contributed by atoms with E-state index >= 15 is 0 Å². The number of aromatic nitrogens is 1. The van der Waals surface area contributed by atoms with E-state index in [1.165, 1.54) is 0 Å². The van der Waals surface area contributed by atoms with Gasteiger partial charge in [-0.3, -0.25) is 4.39 Å². The molecule has 0 fully saturated rings. The zero-order chi connectivity index (χ0) is 20.3. The molecular formula is C21H22F3N3S. The van der Waals surface area contributed by atoms with Crippen LogP contribution in [-0.2, 0) is 6.54 Å². The zero-order valence-electron chi connectivity index (χ0n) is 15.2. The number of alkyl halides is 3. The molecule has 7 heteroatoms. The molecule has 1 aromatic heterocycles. The third-order valence-corrected chi connectivity index (χ3v) is 5.08. The van der Waals surface area contributed by atoms with Crippen LogP contribution >= 0.6 is 12.2 Å². The zero-order valence-corrected chi connectivity index (χ0v) is 16.1. The minimum Gasteiger partial charge on any atom is -0.399 e. The fourth-order valence-corrected chi connectivity index (χ4v) is 3.63. The summed E-state index contributed by atoms with van der Waals surface area (Å²) < 4.78 is 40.6. The number of nitrogens with zero attached hydrogens (tertiary/aromatic N) is 1. The largest absolute Gasteiger partial charge is 0.399 e. The van der Waals surface area contributed by atoms with Crippen LogP contribution in [-0.4, -0.2) is 22.7 Å². The maximum atomic E-state index is 12.9. The Kier molecular flexibility index (Phi) is 6.24. The first-order valence-electron chi connectivity index (χ1n) is 9.01. The quantitative estimate of drug-likeness (QED) is 0.402. The van der Waals surface area contributed by atoms with Gasteiger partial charge in [0, 0.05) is 41.4 Å². The second kappa shape index (κ2) is 8.65. The summed E-state index contributed by atoms with van der Waals surface area (Å²) in [6.45, 7) is -0.329. The standard InChI is InChI=1S/C21H22F3N3S/c22-7-6-13(8-20(23)24)11-27-12-18(17-5-4-16(25)10-19(17)27)14-2-1-3-15(9-14)21(26)28/h1-5,9-10,12-13,20H,6-8,11,25H2,(H2,26,28). The monoisotopic (exact) mass is 405 g/mol. The van der Waals surface area contributed by atoms with Crippen LogP contribution in [0.1, 0.15) is 18.4 Å². The van der Waals surface area contributed by atoms with Crippen LogP contribution in [0.5, 0.6) is 0 Å². The third kappa shape index (κ3) is 4.47. The molecule has 0 saturated heterocycles. The average molecular weight is 405 g/mol. The Labute approximate surface area is 167 Å². The Morgan fingerprint density at radius 3 is 2.61 bits per heavy atom. The van der Waals surface area contributed by atoms with Gasteiger partial charge in [-0.2, -0.15) is 0 Å². The SMILES string of the molecule is NC(=S)c1cccc(-c2cn(CC(CCF)CC(F)F)c3cc(N)ccc23)c1. The number of hydrogen-bond donors (Lipinski definition) is 2. The number of hydrogen-bond acceptors (Lipinski definition) is 2. The molecule has 0 amide bonds. The summed E-state index contributed by atoms with van der Waals surface area (Å²) in [6.07, 6.45) is -0.804. The van der Waals surface area contributed by atoms with Gasteiger partial charge in [-0.15, -0.1) is 0 Å². The Balaban J connectivity index is 2.08. The predicted octanol–water partition coefficient (Wildman–Crippen LogP) is 5.16. The number of nitrogens with two attached hydrogens (primary N) is 2. The molecule has 0 saturated carbocycles. The molecule has 0 radical (unpaired) electrons. The van der Waals surface area contributed by atoms with Crippen LogP contribution in [0.2, 0.25) is 0 Å². The number of thiocarbonyl (C=S) groups is 1. The van der Waals surface area contributed by atoms with Crippen LogP contribution in [0.15, 0.2) is 48.7 Å². The Hall–Kier alpha value is -2.54. The van der Waals surface area contributed by atoms with Crippen molar-refractivity contribution in [3.63, 3.8) is 0 Å². The van der Waals surface area contributed by atoms with Gasteiger partial charge in [-0.1, -0.05) is 36.5 Å². The molecular weight excluding hydrogens is 383 g/mol. The topological polar surface area (TPSA) is 57.0 Å². The van der Waals surface area contributed by atoms with Gasteiger partial charge in [0.05, 0.1) is 12.2 Å². The second-order valence-electron chi connectivity index (χ2n) is 6.89. The van der Waals surface area contributed by atoms with Crippen LogP contribution in [0, 0.1) is 5.92 Å². The minimum atomic E-state index is -2.47. The predicted molar refractivity (Wildman–Crippen MR) is 112 cm³/mol. The highest BCUT2D eigenvalue weighted by molar-refractivity contribution is 7.80. The maximum Gasteiger partial charge on any atom is 0.239 e. The highest BCUT2D eigenvalue weighted by atomic mass is 32.1. The molecule has 1 atom stereocenters. The fraction of sp³-hybridized carbons (Fsp3) is 0.286. The number of benzene rings is 2. The van der Waals surface area contributed by atoms with Crippen molar-refractivity contribution in [3.8, 4) is 11.1 Å². The van der Waals surface area contributed by atoms with Gasteiger partial charge in [0.2, 0.25) is 6.43 Å². The van der Waals surface area contributed by atoms with Gasteiger partial charge in [0.1, 0.15) is 4.99 Å². The molecule has 3 nitrogen and oxygen atoms in total. The fourth-order valence-electron chi connectivity index (χ4n) is 3.50. The number of anilines is 1. The molecule has 148 valence electrons. The first kappa shape index (κ1) is 20.2. The Morgan fingerprint density at radius 1 is 1.14 bits per heavy atom. The van der Waals surface area contributed by atoms with Gasteiger partial charge in [-0.25, -0.2) is 8.78 Å². The molecule has 3 rings (SSSR count). The lowest BCUT2D eigenvalue weighted by Gasteiger charge is -2.16. The summed E-state index contributed by atoms with van der Waals surface area (Å²) in [6, 6.07) is 13.1. The smallest absolute Gasteiger partial charge is 0.239 e. The number of nitrogen functional groups attached to an aromatic ring is 1. The highest BCUT2D eigenvalue weighted by Crippen LogP contribution is 2.33. The van der Waals surface area contributed by atoms with Crippen molar-refractivity contribution in [2.75, 3.05) is 12.4 Å². The average Bonchev–Trinajstić information content (AvgIpc) is 2.99. The van der Waals surface area contributed by atoms with E-state index in [2.05, 4.69) is 0 Å². The molecule has 0 spiro atoms. The number of halogens is 3. The van der Waals surface area contributed by atoms with Crippen LogP contribution in [0.3, 0.4) is 0 Å². The van der Waals surface area contributed by atoms with E-state index < -0.39 is 19.0 Å². The maximum absolute atomic E-state index is 12.9. The van der Waals surface area contributed by atoms with E-state index in [1.54, 1.807) is 6.07 Å². The van der Waals surface area contributed by atoms with Crippen molar-refractivity contribution < 1.29 is 13.2 Å². The molecule has 3 aromatic rings. The molecule has 28 heavy (non-hydrogen) atoms. The summed E-state index contributed by atoms with van der Waals surface area (Å²) in [5.41, 5.74) is 15.7. The van der Waals surface area contributed by atoms with Crippen LogP contribution < -0.4 is 11.5 Å². The Bertz CT molecular complexity index is 984. The van der Waals surface area contributed by atoms with E-state index in [4.69, 9.17) is 23.7 Å². The van der Waals surface area contributed by atoms with Gasteiger partial charge in [0.25, 0.3) is 0 Å². The van der Waals surface area contributed by atoms with Crippen LogP contribution in [0.25, 0.3) is 22.0 Å². The van der Waals surface area contributed by atoms with Crippen molar-refractivity contribution >= 4 is 33.8 Å². The van der Waals surface area contributed by atoms with E-state index in [9.17, 15) is 13.2 Å². The first-order chi connectivity index (χ1) is 13.4. The molecule has 0 aliphatic carbocycles. The van der Waals surface area contributed by atoms with Crippen molar-refractivity contribution in [1.29, 1.82) is 0 Å². The summed E-state index contributed by atoms with van der Waals surface area (Å²) in [5, 5.41) is 0.935. The summed E-state index contributed by atoms with van der Waals surface area (Å²) in [4.78, 5) is 0.301. The Morgan fingerprint density at radius 2 is 1.93 bits per heavy atom. The van der Waals surface area contributed by atoms with Gasteiger partial charge >= 0.3 is 0 Å². The molecule has 2 aromatic carbocycles. The number of fused-ring (bicyclic) bond motifs is 1. The summed E-state index contributed by atoms with van der Waals surface area (Å²) in [7, 11) is 0. The lowest BCUT2D eigenvalue weighted by Crippen LogP contribution is -2.14. The van der Waals surface area contributed by atoms with Crippen LogP contribution in [0.4, 0.5) is 18.9 Å². The molecule has 0 bridgehead atoms. The molecule has 0 aliphatic rings. The molecule has 1 unspecified atom stereocenters.